The SMILES string of the molecule is O=C(Nc1nc2ccc(=O)[nH]c2s1)/C(=N/O[C@@H]1CCOC1)c1ccc(S(=O)(=O)C2CC2)cc1. The van der Waals surface area contributed by atoms with E-state index < -0.39 is 15.7 Å². The first-order valence-corrected chi connectivity index (χ1v) is 12.7. The number of aromatic amines is 1. The number of rotatable bonds is 7. The zero-order valence-corrected chi connectivity index (χ0v) is 18.9. The Morgan fingerprint density at radius 2 is 1.97 bits per heavy atom. The van der Waals surface area contributed by atoms with Crippen molar-refractivity contribution < 1.29 is 22.8 Å². The monoisotopic (exact) mass is 488 g/mol. The van der Waals surface area contributed by atoms with Crippen LogP contribution in [0, 0.1) is 0 Å². The lowest BCUT2D eigenvalue weighted by Gasteiger charge is -2.10. The van der Waals surface area contributed by atoms with Crippen LogP contribution in [0.25, 0.3) is 10.3 Å². The van der Waals surface area contributed by atoms with Crippen LogP contribution in [-0.2, 0) is 24.2 Å². The summed E-state index contributed by atoms with van der Waals surface area (Å²) in [7, 11) is -3.35. The quantitative estimate of drug-likeness (QED) is 0.383. The van der Waals surface area contributed by atoms with Gasteiger partial charge in [0.1, 0.15) is 10.3 Å². The van der Waals surface area contributed by atoms with Crippen molar-refractivity contribution in [2.45, 2.75) is 35.5 Å². The molecule has 2 fully saturated rings. The number of carbonyl (C=O) groups is 1. The average molecular weight is 489 g/mol. The lowest BCUT2D eigenvalue weighted by Crippen LogP contribution is -2.25. The molecular weight excluding hydrogens is 468 g/mol. The predicted molar refractivity (Wildman–Crippen MR) is 122 cm³/mol. The number of carbonyl (C=O) groups excluding carboxylic acids is 1. The number of aromatic nitrogens is 2. The summed E-state index contributed by atoms with van der Waals surface area (Å²) >= 11 is 1.12. The zero-order valence-electron chi connectivity index (χ0n) is 17.3. The Bertz CT molecular complexity index is 1380. The van der Waals surface area contributed by atoms with Gasteiger partial charge >= 0.3 is 0 Å². The molecular formula is C21H20N4O6S2. The number of ether oxygens (including phenoxy) is 1. The first-order chi connectivity index (χ1) is 15.9. The van der Waals surface area contributed by atoms with Crippen LogP contribution in [0.3, 0.4) is 0 Å². The molecule has 172 valence electrons. The van der Waals surface area contributed by atoms with Crippen LogP contribution in [0.4, 0.5) is 5.13 Å². The highest BCUT2D eigenvalue weighted by molar-refractivity contribution is 7.92. The molecule has 1 atom stereocenters. The van der Waals surface area contributed by atoms with Crippen molar-refractivity contribution in [3.8, 4) is 0 Å². The molecule has 0 bridgehead atoms. The minimum Gasteiger partial charge on any atom is -0.389 e. The number of nitrogens with zero attached hydrogens (tertiary/aromatic N) is 2. The van der Waals surface area contributed by atoms with Crippen LogP contribution >= 0.6 is 11.3 Å². The lowest BCUT2D eigenvalue weighted by atomic mass is 10.1. The van der Waals surface area contributed by atoms with Crippen molar-refractivity contribution in [2.24, 2.45) is 5.16 Å². The Hall–Kier alpha value is -3.09. The molecule has 33 heavy (non-hydrogen) atoms. The number of nitrogens with one attached hydrogen (secondary N) is 2. The maximum atomic E-state index is 13.1. The molecule has 0 spiro atoms. The van der Waals surface area contributed by atoms with E-state index in [0.29, 0.717) is 48.4 Å². The summed E-state index contributed by atoms with van der Waals surface area (Å²) in [6.45, 7) is 0.932. The van der Waals surface area contributed by atoms with E-state index in [1.165, 1.54) is 30.3 Å². The van der Waals surface area contributed by atoms with Gasteiger partial charge in [-0.2, -0.15) is 0 Å². The van der Waals surface area contributed by atoms with Crippen LogP contribution in [0.5, 0.6) is 0 Å². The minimum absolute atomic E-state index is 0.0231. The van der Waals surface area contributed by atoms with Crippen LogP contribution < -0.4 is 10.9 Å². The average Bonchev–Trinajstić information content (AvgIpc) is 3.40. The van der Waals surface area contributed by atoms with Gasteiger partial charge in [-0.1, -0.05) is 28.6 Å². The van der Waals surface area contributed by atoms with Crippen molar-refractivity contribution in [2.75, 3.05) is 18.5 Å². The number of sulfone groups is 1. The van der Waals surface area contributed by atoms with E-state index in [-0.39, 0.29) is 32.7 Å². The van der Waals surface area contributed by atoms with Crippen molar-refractivity contribution in [1.82, 2.24) is 9.97 Å². The van der Waals surface area contributed by atoms with E-state index in [1.807, 2.05) is 0 Å². The smallest absolute Gasteiger partial charge is 0.280 e. The van der Waals surface area contributed by atoms with Crippen LogP contribution in [0.1, 0.15) is 24.8 Å². The second-order valence-corrected chi connectivity index (χ2v) is 11.0. The Morgan fingerprint density at radius 3 is 2.67 bits per heavy atom. The number of H-pyrrole nitrogens is 1. The first-order valence-electron chi connectivity index (χ1n) is 10.4. The van der Waals surface area contributed by atoms with Gasteiger partial charge in [-0.05, 0) is 31.0 Å². The molecule has 1 saturated heterocycles. The third-order valence-corrected chi connectivity index (χ3v) is 8.50. The third-order valence-electron chi connectivity index (χ3n) is 5.32. The summed E-state index contributed by atoms with van der Waals surface area (Å²) in [6, 6.07) is 8.96. The van der Waals surface area contributed by atoms with Crippen molar-refractivity contribution >= 4 is 48.3 Å². The van der Waals surface area contributed by atoms with Gasteiger partial charge in [0.15, 0.2) is 26.8 Å². The topological polar surface area (TPSA) is 140 Å². The predicted octanol–water partition coefficient (Wildman–Crippen LogP) is 2.07. The van der Waals surface area contributed by atoms with Crippen LogP contribution in [0.2, 0.25) is 0 Å². The maximum Gasteiger partial charge on any atom is 0.280 e. The second kappa shape index (κ2) is 8.69. The zero-order chi connectivity index (χ0) is 23.0. The number of oxime groups is 1. The number of fused-ring (bicyclic) bond motifs is 1. The molecule has 10 nitrogen and oxygen atoms in total. The molecule has 2 aromatic heterocycles. The molecule has 3 aromatic rings. The molecule has 2 aliphatic rings. The van der Waals surface area contributed by atoms with Gasteiger partial charge in [0.2, 0.25) is 5.56 Å². The highest BCUT2D eigenvalue weighted by atomic mass is 32.2. The van der Waals surface area contributed by atoms with E-state index in [0.717, 1.165) is 11.3 Å². The summed E-state index contributed by atoms with van der Waals surface area (Å²) in [4.78, 5) is 37.8. The fourth-order valence-corrected chi connectivity index (χ4v) is 5.88. The summed E-state index contributed by atoms with van der Waals surface area (Å²) in [6.07, 6.45) is 1.73. The van der Waals surface area contributed by atoms with Crippen LogP contribution in [0.15, 0.2) is 51.2 Å². The van der Waals surface area contributed by atoms with Gasteiger partial charge in [0.25, 0.3) is 5.91 Å². The normalized spacial score (nSPS) is 19.0. The summed E-state index contributed by atoms with van der Waals surface area (Å²) in [5.74, 6) is -0.576. The van der Waals surface area contributed by atoms with Gasteiger partial charge in [-0.15, -0.1) is 0 Å². The van der Waals surface area contributed by atoms with Gasteiger partial charge in [-0.25, -0.2) is 13.4 Å². The van der Waals surface area contributed by atoms with Gasteiger partial charge < -0.3 is 14.6 Å². The van der Waals surface area contributed by atoms with Gasteiger partial charge in [-0.3, -0.25) is 14.9 Å². The maximum absolute atomic E-state index is 13.1. The Balaban J connectivity index is 1.42. The number of amides is 1. The molecule has 1 aromatic carbocycles. The molecule has 1 aliphatic heterocycles. The van der Waals surface area contributed by atoms with Gasteiger partial charge in [0, 0.05) is 18.1 Å². The second-order valence-electron chi connectivity index (χ2n) is 7.81. The number of thiazole rings is 1. The fraction of sp³-hybridized carbons (Fsp3) is 0.333. The fourth-order valence-electron chi connectivity index (χ4n) is 3.37. The first kappa shape index (κ1) is 21.7. The Morgan fingerprint density at radius 1 is 1.18 bits per heavy atom. The highest BCUT2D eigenvalue weighted by Gasteiger charge is 2.36. The number of pyridine rings is 1. The van der Waals surface area contributed by atoms with Gasteiger partial charge in [0.05, 0.1) is 23.4 Å². The van der Waals surface area contributed by atoms with Crippen molar-refractivity contribution in [3.05, 3.63) is 52.3 Å². The molecule has 1 amide bonds. The molecule has 1 saturated carbocycles. The molecule has 5 rings (SSSR count). The standard InChI is InChI=1S/C21H20N4O6S2/c26-17-8-7-16-20(23-17)32-21(22-16)24-19(27)18(25-31-13-9-10-30-11-13)12-1-3-14(4-2-12)33(28,29)15-5-6-15/h1-4,7-8,13,15H,5-6,9-11H2,(H,23,26)(H,22,24,27)/b25-18+/t13-/m1/s1. The number of anilines is 1. The Labute approximate surface area is 192 Å². The number of hydrogen-bond donors (Lipinski definition) is 2. The number of benzene rings is 1. The van der Waals surface area contributed by atoms with Crippen molar-refractivity contribution in [3.63, 3.8) is 0 Å². The van der Waals surface area contributed by atoms with E-state index in [4.69, 9.17) is 9.57 Å². The molecule has 3 heterocycles. The molecule has 0 radical (unpaired) electrons. The minimum atomic E-state index is -3.35. The molecule has 12 heteroatoms. The summed E-state index contributed by atoms with van der Waals surface area (Å²) in [5.41, 5.74) is 0.655. The Kier molecular flexibility index (Phi) is 5.72. The van der Waals surface area contributed by atoms with Crippen LogP contribution in [-0.4, -0.2) is 54.6 Å². The largest absolute Gasteiger partial charge is 0.389 e. The third kappa shape index (κ3) is 4.68. The highest BCUT2D eigenvalue weighted by Crippen LogP contribution is 2.33. The lowest BCUT2D eigenvalue weighted by molar-refractivity contribution is -0.110. The molecule has 0 unspecified atom stereocenters. The van der Waals surface area contributed by atoms with E-state index in [2.05, 4.69) is 20.4 Å². The molecule has 2 N–H and O–H groups in total. The molecule has 1 aliphatic carbocycles. The number of hydrogen-bond acceptors (Lipinski definition) is 9. The van der Waals surface area contributed by atoms with E-state index >= 15 is 0 Å². The van der Waals surface area contributed by atoms with E-state index in [9.17, 15) is 18.0 Å². The summed E-state index contributed by atoms with van der Waals surface area (Å²) in [5, 5.41) is 6.71. The van der Waals surface area contributed by atoms with Crippen molar-refractivity contribution in [1.29, 1.82) is 0 Å². The van der Waals surface area contributed by atoms with E-state index in [1.54, 1.807) is 6.07 Å². The summed E-state index contributed by atoms with van der Waals surface area (Å²) < 4.78 is 30.2.